The predicted octanol–water partition coefficient (Wildman–Crippen LogP) is 14.1. The summed E-state index contributed by atoms with van der Waals surface area (Å²) in [5.74, 6) is 0. The van der Waals surface area contributed by atoms with Gasteiger partial charge in [0.2, 0.25) is 0 Å². The molecular weight excluding hydrogens is 613 g/mol. The van der Waals surface area contributed by atoms with Crippen LogP contribution in [0.2, 0.25) is 0 Å². The Bertz CT molecular complexity index is 2760. The van der Waals surface area contributed by atoms with E-state index in [9.17, 15) is 0 Å². The van der Waals surface area contributed by atoms with Gasteiger partial charge in [0.15, 0.2) is 0 Å². The molecule has 0 nitrogen and oxygen atoms in total. The van der Waals surface area contributed by atoms with E-state index in [4.69, 9.17) is 0 Å². The summed E-state index contributed by atoms with van der Waals surface area (Å²) in [5.41, 5.74) is 15.6. The van der Waals surface area contributed by atoms with Crippen LogP contribution in [0.15, 0.2) is 182 Å². The summed E-state index contributed by atoms with van der Waals surface area (Å²) >= 11 is 0. The summed E-state index contributed by atoms with van der Waals surface area (Å²) in [5, 5.41) is 7.61. The van der Waals surface area contributed by atoms with Crippen molar-refractivity contribution < 1.29 is 0 Å². The molecule has 1 aliphatic carbocycles. The highest BCUT2D eigenvalue weighted by atomic mass is 14.4. The lowest BCUT2D eigenvalue weighted by molar-refractivity contribution is 0.660. The van der Waals surface area contributed by atoms with Crippen LogP contribution < -0.4 is 0 Å². The van der Waals surface area contributed by atoms with E-state index >= 15 is 0 Å². The molecule has 0 saturated carbocycles. The molecular formula is C51H36. The van der Waals surface area contributed by atoms with Crippen molar-refractivity contribution in [1.29, 1.82) is 0 Å². The van der Waals surface area contributed by atoms with E-state index in [0.29, 0.717) is 0 Å². The van der Waals surface area contributed by atoms with Gasteiger partial charge in [-0.1, -0.05) is 184 Å². The molecule has 0 heteroatoms. The molecule has 0 N–H and O–H groups in total. The minimum Gasteiger partial charge on any atom is -0.0622 e. The average molecular weight is 649 g/mol. The van der Waals surface area contributed by atoms with Gasteiger partial charge in [-0.2, -0.15) is 0 Å². The first-order valence-corrected chi connectivity index (χ1v) is 17.9. The molecule has 1 aliphatic rings. The van der Waals surface area contributed by atoms with Gasteiger partial charge in [-0.15, -0.1) is 0 Å². The fraction of sp³-hybridized carbons (Fsp3) is 0.0588. The van der Waals surface area contributed by atoms with Crippen LogP contribution >= 0.6 is 0 Å². The highest BCUT2D eigenvalue weighted by Gasteiger charge is 2.35. The molecule has 9 aromatic carbocycles. The van der Waals surface area contributed by atoms with Crippen molar-refractivity contribution in [2.24, 2.45) is 0 Å². The van der Waals surface area contributed by atoms with E-state index in [2.05, 4.69) is 196 Å². The SMILES string of the molecule is CC1(C)c2ccccc2-c2cc(-c3cccc(-c4c5ccccc5c(-c5ccc(-c6ccccc6)c6ccccc56)c5ccccc45)c3)ccc21. The van der Waals surface area contributed by atoms with Gasteiger partial charge in [0.05, 0.1) is 0 Å². The molecule has 0 fully saturated rings. The van der Waals surface area contributed by atoms with Crippen molar-refractivity contribution in [2.45, 2.75) is 19.3 Å². The highest BCUT2D eigenvalue weighted by Crippen LogP contribution is 2.50. The van der Waals surface area contributed by atoms with Crippen LogP contribution in [0.4, 0.5) is 0 Å². The summed E-state index contributed by atoms with van der Waals surface area (Å²) in [7, 11) is 0. The zero-order valence-electron chi connectivity index (χ0n) is 28.8. The molecule has 0 unspecified atom stereocenters. The Hall–Kier alpha value is -6.24. The highest BCUT2D eigenvalue weighted by molar-refractivity contribution is 6.24. The Kier molecular flexibility index (Phi) is 6.63. The summed E-state index contributed by atoms with van der Waals surface area (Å²) in [6.45, 7) is 4.69. The summed E-state index contributed by atoms with van der Waals surface area (Å²) in [6, 6.07) is 67.4. The number of hydrogen-bond acceptors (Lipinski definition) is 0. The largest absolute Gasteiger partial charge is 0.0622 e. The van der Waals surface area contributed by atoms with Gasteiger partial charge in [-0.3, -0.25) is 0 Å². The molecule has 0 aromatic heterocycles. The normalized spacial score (nSPS) is 13.1. The lowest BCUT2D eigenvalue weighted by Gasteiger charge is -2.21. The molecule has 0 bridgehead atoms. The Balaban J connectivity index is 1.19. The van der Waals surface area contributed by atoms with Gasteiger partial charge in [-0.05, 0) is 111 Å². The van der Waals surface area contributed by atoms with E-state index in [-0.39, 0.29) is 5.41 Å². The molecule has 240 valence electrons. The van der Waals surface area contributed by atoms with E-state index in [0.717, 1.165) is 0 Å². The topological polar surface area (TPSA) is 0 Å². The first kappa shape index (κ1) is 29.7. The number of rotatable bonds is 4. The van der Waals surface area contributed by atoms with Crippen LogP contribution in [0.3, 0.4) is 0 Å². The van der Waals surface area contributed by atoms with Crippen molar-refractivity contribution in [1.82, 2.24) is 0 Å². The second-order valence-corrected chi connectivity index (χ2v) is 14.4. The van der Waals surface area contributed by atoms with Gasteiger partial charge in [0.25, 0.3) is 0 Å². The predicted molar refractivity (Wildman–Crippen MR) is 218 cm³/mol. The van der Waals surface area contributed by atoms with Crippen LogP contribution in [0.1, 0.15) is 25.0 Å². The summed E-state index contributed by atoms with van der Waals surface area (Å²) in [6.07, 6.45) is 0. The van der Waals surface area contributed by atoms with Crippen LogP contribution in [0, 0.1) is 0 Å². The average Bonchev–Trinajstić information content (AvgIpc) is 3.42. The van der Waals surface area contributed by atoms with Crippen molar-refractivity contribution in [3.05, 3.63) is 193 Å². The molecule has 9 aromatic rings. The van der Waals surface area contributed by atoms with Crippen molar-refractivity contribution >= 4 is 32.3 Å². The number of fused-ring (bicyclic) bond motifs is 6. The molecule has 0 radical (unpaired) electrons. The van der Waals surface area contributed by atoms with Crippen LogP contribution in [-0.2, 0) is 5.41 Å². The number of benzene rings is 9. The molecule has 0 spiro atoms. The monoisotopic (exact) mass is 648 g/mol. The molecule has 51 heavy (non-hydrogen) atoms. The fourth-order valence-corrected chi connectivity index (χ4v) is 8.87. The van der Waals surface area contributed by atoms with E-state index in [1.54, 1.807) is 0 Å². The fourth-order valence-electron chi connectivity index (χ4n) is 8.87. The van der Waals surface area contributed by atoms with E-state index in [1.165, 1.54) is 99.1 Å². The van der Waals surface area contributed by atoms with Gasteiger partial charge in [0.1, 0.15) is 0 Å². The Labute approximate surface area is 299 Å². The van der Waals surface area contributed by atoms with E-state index < -0.39 is 0 Å². The minimum atomic E-state index is -0.000918. The molecule has 10 rings (SSSR count). The third-order valence-corrected chi connectivity index (χ3v) is 11.3. The second kappa shape index (κ2) is 11.4. The first-order valence-electron chi connectivity index (χ1n) is 17.9. The van der Waals surface area contributed by atoms with Gasteiger partial charge < -0.3 is 0 Å². The van der Waals surface area contributed by atoms with E-state index in [1.807, 2.05) is 0 Å². The standard InChI is InChI=1S/C51H36/c1-51(2)47-26-13-12-21-40(47)46-32-35(27-30-48(46)51)34-17-14-18-36(31-34)49-41-22-8-10-24-43(41)50(44-25-11-9-23-42(44)49)45-29-28-37(33-15-4-3-5-16-33)38-19-6-7-20-39(38)45/h3-32H,1-2H3. The van der Waals surface area contributed by atoms with Crippen molar-refractivity contribution in [3.63, 3.8) is 0 Å². The number of hydrogen-bond donors (Lipinski definition) is 0. The second-order valence-electron chi connectivity index (χ2n) is 14.4. The Morgan fingerprint density at radius 1 is 0.275 bits per heavy atom. The Morgan fingerprint density at radius 2 is 0.765 bits per heavy atom. The maximum atomic E-state index is 2.41. The quantitative estimate of drug-likeness (QED) is 0.167. The molecule has 0 amide bonds. The third kappa shape index (κ3) is 4.53. The Morgan fingerprint density at radius 3 is 1.47 bits per heavy atom. The molecule has 0 saturated heterocycles. The minimum absolute atomic E-state index is 0.000918. The zero-order valence-corrected chi connectivity index (χ0v) is 28.8. The van der Waals surface area contributed by atoms with Gasteiger partial charge in [-0.25, -0.2) is 0 Å². The van der Waals surface area contributed by atoms with Crippen molar-refractivity contribution in [2.75, 3.05) is 0 Å². The maximum Gasteiger partial charge on any atom is 0.0158 e. The lowest BCUT2D eigenvalue weighted by atomic mass is 9.82. The smallest absolute Gasteiger partial charge is 0.0158 e. The first-order chi connectivity index (χ1) is 25.1. The van der Waals surface area contributed by atoms with Crippen LogP contribution in [0.5, 0.6) is 0 Å². The summed E-state index contributed by atoms with van der Waals surface area (Å²) in [4.78, 5) is 0. The van der Waals surface area contributed by atoms with Gasteiger partial charge >= 0.3 is 0 Å². The zero-order chi connectivity index (χ0) is 34.1. The molecule has 0 aliphatic heterocycles. The lowest BCUT2D eigenvalue weighted by Crippen LogP contribution is -2.14. The molecule has 0 atom stereocenters. The molecule has 0 heterocycles. The van der Waals surface area contributed by atoms with Crippen LogP contribution in [0.25, 0.3) is 88.0 Å². The van der Waals surface area contributed by atoms with Crippen molar-refractivity contribution in [3.8, 4) is 55.6 Å². The van der Waals surface area contributed by atoms with Gasteiger partial charge in [0, 0.05) is 5.41 Å². The maximum absolute atomic E-state index is 2.41. The third-order valence-electron chi connectivity index (χ3n) is 11.3. The van der Waals surface area contributed by atoms with Crippen LogP contribution in [-0.4, -0.2) is 0 Å². The summed E-state index contributed by atoms with van der Waals surface area (Å²) < 4.78 is 0.